The second-order valence-corrected chi connectivity index (χ2v) is 27.8. The average molecular weight is 1950 g/mol. The van der Waals surface area contributed by atoms with E-state index in [0.717, 1.165) is 50.9 Å². The largest absolute Gasteiger partial charge is 0.481 e. The Morgan fingerprint density at radius 3 is 0.736 bits per heavy atom. The molecule has 9 N–H and O–H groups in total. The second kappa shape index (κ2) is 62.0. The van der Waals surface area contributed by atoms with Gasteiger partial charge in [0.05, 0.1) is 96.1 Å². The van der Waals surface area contributed by atoms with Crippen LogP contribution >= 0.6 is 0 Å². The maximum absolute atomic E-state index is 11.2. The van der Waals surface area contributed by atoms with Crippen LogP contribution in [-0.2, 0) is 38.4 Å². The summed E-state index contributed by atoms with van der Waals surface area (Å²) < 4.78 is 40.9. The van der Waals surface area contributed by atoms with E-state index in [1.54, 1.807) is 118 Å². The number of aromatic nitrogens is 24. The number of nitrogens with zero attached hydrogens (tertiary/aromatic N) is 24. The lowest BCUT2D eigenvalue weighted by Crippen LogP contribution is -2.28. The normalized spacial score (nSPS) is 9.90. The number of primary amides is 2. The van der Waals surface area contributed by atoms with E-state index in [0.29, 0.717) is 88.9 Å². The minimum Gasteiger partial charge on any atom is -0.481 e. The van der Waals surface area contributed by atoms with Crippen molar-refractivity contribution in [1.29, 1.82) is 0 Å². The molecule has 0 atom stereocenters. The number of pyridine rings is 8. The summed E-state index contributed by atoms with van der Waals surface area (Å²) in [4.78, 5) is 186. The van der Waals surface area contributed by atoms with Gasteiger partial charge in [-0.15, -0.1) is 0 Å². The maximum atomic E-state index is 11.2. The molecule has 0 aliphatic carbocycles. The summed E-state index contributed by atoms with van der Waals surface area (Å²) in [5, 5.41) is 12.8. The third-order valence-electron chi connectivity index (χ3n) is 17.0. The van der Waals surface area contributed by atoms with Crippen LogP contribution in [0.25, 0.3) is 91.0 Å². The summed E-state index contributed by atoms with van der Waals surface area (Å²) >= 11 is 0. The zero-order valence-corrected chi connectivity index (χ0v) is 78.4. The maximum Gasteiger partial charge on any atom is 0.316 e. The van der Waals surface area contributed by atoms with E-state index in [2.05, 4.69) is 146 Å². The first-order valence-corrected chi connectivity index (χ1v) is 43.4. The van der Waals surface area contributed by atoms with Gasteiger partial charge in [-0.3, -0.25) is 78.2 Å². The molecule has 0 unspecified atom stereocenters. The van der Waals surface area contributed by atoms with E-state index in [1.165, 1.54) is 57.3 Å². The highest BCUT2D eigenvalue weighted by molar-refractivity contribution is 5.80. The number of amides is 7. The van der Waals surface area contributed by atoms with Gasteiger partial charge < -0.3 is 75.9 Å². The summed E-state index contributed by atoms with van der Waals surface area (Å²) in [6.07, 6.45) is 38.2. The monoisotopic (exact) mass is 1950 g/mol. The van der Waals surface area contributed by atoms with Crippen LogP contribution < -0.4 is 75.9 Å². The van der Waals surface area contributed by atoms with Crippen LogP contribution in [0, 0.1) is 0 Å². The quantitative estimate of drug-likeness (QED) is 0.0215. The number of ether oxygens (including phenoxy) is 8. The summed E-state index contributed by atoms with van der Waals surface area (Å²) in [5.74, 6) is 0.649. The predicted octanol–water partition coefficient (Wildman–Crippen LogP) is 6.80. The number of likely N-dealkylation sites (N-methyl/N-ethyl adjacent to an activating group) is 5. The van der Waals surface area contributed by atoms with Crippen molar-refractivity contribution in [2.75, 3.05) is 86.6 Å². The van der Waals surface area contributed by atoms with Gasteiger partial charge in [-0.2, -0.15) is 0 Å². The van der Waals surface area contributed by atoms with Crippen molar-refractivity contribution in [3.8, 4) is 138 Å². The van der Waals surface area contributed by atoms with E-state index < -0.39 is 11.8 Å². The molecule has 736 valence electrons. The Kier molecular flexibility index (Phi) is 46.5. The molecule has 0 aliphatic heterocycles. The van der Waals surface area contributed by atoms with Crippen LogP contribution in [0.1, 0.15) is 27.7 Å². The Morgan fingerprint density at radius 2 is 0.479 bits per heavy atom. The van der Waals surface area contributed by atoms with Gasteiger partial charge in [-0.1, -0.05) is 48.5 Å². The molecule has 0 saturated heterocycles. The van der Waals surface area contributed by atoms with Crippen LogP contribution in [-0.4, -0.2) is 253 Å². The van der Waals surface area contributed by atoms with Gasteiger partial charge in [-0.25, -0.2) is 79.7 Å². The number of ketones is 1. The van der Waals surface area contributed by atoms with Crippen LogP contribution in [0.15, 0.2) is 294 Å². The molecule has 16 aromatic heterocycles. The minimum atomic E-state index is -0.567. The third-order valence-corrected chi connectivity index (χ3v) is 17.0. The number of carbonyl (C=O) groups excluding carboxylic acids is 8. The molecular formula is C97H97N31O16. The first-order chi connectivity index (χ1) is 70.2. The van der Waals surface area contributed by atoms with Gasteiger partial charge in [0, 0.05) is 137 Å². The van der Waals surface area contributed by atoms with Crippen molar-refractivity contribution in [3.05, 3.63) is 294 Å². The van der Waals surface area contributed by atoms with Crippen molar-refractivity contribution in [3.63, 3.8) is 0 Å². The molecule has 0 aromatic carbocycles. The fourth-order valence-corrected chi connectivity index (χ4v) is 10.4. The SMILES string of the molecule is CC(=O)COc1cnc(-c2ccccn2)cn1.CCNC(=O)COc1cnc(-c2ccccn2)cn1.CCNC(=O)COc1cnc(-c2ccccn2)nc1.CCNC(=O)COc1ncc(-c2ccccn2)cn1.CNC(=O)COc1cnc(-c2ccccn2)cn1.CNC(=O)COc1ncc(-c2ccccn2)cn1.NC(=O)COc1cnc(-c2ccccn2)nc1.NC(=O)COc1ncc(-c2ccccn2)cn1. The van der Waals surface area contributed by atoms with Gasteiger partial charge in [0.2, 0.25) is 17.6 Å². The van der Waals surface area contributed by atoms with E-state index in [9.17, 15) is 38.4 Å². The molecule has 7 amide bonds. The Labute approximate surface area is 823 Å². The average Bonchev–Trinajstić information content (AvgIpc) is 0.876. The van der Waals surface area contributed by atoms with Crippen molar-refractivity contribution in [2.24, 2.45) is 11.5 Å². The first-order valence-electron chi connectivity index (χ1n) is 43.4. The Balaban J connectivity index is 0.000000183. The van der Waals surface area contributed by atoms with Gasteiger partial charge in [0.25, 0.3) is 41.4 Å². The molecule has 16 rings (SSSR count). The molecule has 144 heavy (non-hydrogen) atoms. The lowest BCUT2D eigenvalue weighted by atomic mass is 10.2. The highest BCUT2D eigenvalue weighted by Crippen LogP contribution is 2.23. The first kappa shape index (κ1) is 108. The number of hydrogen-bond acceptors (Lipinski definition) is 40. The summed E-state index contributed by atoms with van der Waals surface area (Å²) in [6, 6.07) is 44.9. The van der Waals surface area contributed by atoms with E-state index in [1.807, 2.05) is 160 Å². The fraction of sp³-hybridized carbons (Fsp3) is 0.175. The molecule has 47 heteroatoms. The van der Waals surface area contributed by atoms with Crippen LogP contribution in [0.5, 0.6) is 47.2 Å². The number of nitrogens with two attached hydrogens (primary N) is 2. The highest BCUT2D eigenvalue weighted by Gasteiger charge is 2.14. The minimum absolute atomic E-state index is 0.0115. The van der Waals surface area contributed by atoms with Crippen molar-refractivity contribution >= 4 is 47.1 Å². The topological polar surface area (TPSA) is 632 Å². The molecule has 47 nitrogen and oxygen atoms in total. The van der Waals surface area contributed by atoms with Crippen LogP contribution in [0.3, 0.4) is 0 Å². The summed E-state index contributed by atoms with van der Waals surface area (Å²) in [5.41, 5.74) is 20.2. The lowest BCUT2D eigenvalue weighted by molar-refractivity contribution is -0.123. The number of carbonyl (C=O) groups is 8. The van der Waals surface area contributed by atoms with Crippen LogP contribution in [0.4, 0.5) is 0 Å². The smallest absolute Gasteiger partial charge is 0.316 e. The zero-order valence-electron chi connectivity index (χ0n) is 78.4. The number of hydrogen-bond donors (Lipinski definition) is 7. The molecule has 0 radical (unpaired) electrons. The van der Waals surface area contributed by atoms with Gasteiger partial charge in [-0.05, 0) is 125 Å². The standard InChI is InChI=1S/3C13H14N4O2.2C12H12N4O2.C12H11N3O2.2C11H10N4O2/c1-2-14-12(18)9-19-10-7-16-13(17-8-10)11-5-3-4-6-15-11;1-2-14-12(18)9-19-13-16-7-10(8-17-13)11-5-3-4-6-15-11;1-2-14-12(18)9-19-13-8-16-11(7-17-13)10-5-3-4-6-15-10;1-13-11(17)8-18-12-15-6-9(7-16-12)10-4-2-3-5-14-10;1-13-11(17)8-18-12-7-15-10(6-16-12)9-4-2-3-5-14-9;1-9(16)8-17-12-7-14-11(6-15-12)10-4-2-3-5-13-10;12-10(16)7-17-8-5-14-11(15-6-8)9-3-1-2-4-13-9;12-10(16)7-17-11-14-5-8(6-15-11)9-3-1-2-4-13-9/h3*3-8H,2,9H2,1H3,(H,14,18);2*2-7H,8H2,1H3,(H,13,17);2-7H,8H2,1H3;2*1-6H,7H2,(H2,12,16). The van der Waals surface area contributed by atoms with Crippen molar-refractivity contribution < 1.29 is 76.3 Å². The van der Waals surface area contributed by atoms with Crippen molar-refractivity contribution in [1.82, 2.24) is 146 Å². The molecular weight excluding hydrogens is 1860 g/mol. The lowest BCUT2D eigenvalue weighted by Gasteiger charge is -2.05. The van der Waals surface area contributed by atoms with Crippen molar-refractivity contribution in [2.45, 2.75) is 27.7 Å². The van der Waals surface area contributed by atoms with Crippen LogP contribution in [0.2, 0.25) is 0 Å². The Hall–Kier alpha value is -19.8. The fourth-order valence-electron chi connectivity index (χ4n) is 10.4. The molecule has 16 heterocycles. The third kappa shape index (κ3) is 41.0. The summed E-state index contributed by atoms with van der Waals surface area (Å²) in [7, 11) is 3.08. The van der Waals surface area contributed by atoms with Gasteiger partial charge in [0.15, 0.2) is 75.2 Å². The number of nitrogens with one attached hydrogen (secondary N) is 5. The number of Topliss-reactive ketones (excluding diaryl/α,β-unsaturated/α-hetero) is 1. The van der Waals surface area contributed by atoms with E-state index >= 15 is 0 Å². The van der Waals surface area contributed by atoms with Gasteiger partial charge >= 0.3 is 18.0 Å². The second-order valence-electron chi connectivity index (χ2n) is 27.8. The molecule has 16 aromatic rings. The summed E-state index contributed by atoms with van der Waals surface area (Å²) in [6.45, 7) is 7.95. The molecule has 0 saturated carbocycles. The Bertz CT molecular complexity index is 5910. The predicted molar refractivity (Wildman–Crippen MR) is 519 cm³/mol. The van der Waals surface area contributed by atoms with Gasteiger partial charge in [0.1, 0.15) is 35.1 Å². The Morgan fingerprint density at radius 1 is 0.236 bits per heavy atom. The highest BCUT2D eigenvalue weighted by atomic mass is 16.5. The number of rotatable bonds is 35. The van der Waals surface area contributed by atoms with E-state index in [-0.39, 0.29) is 106 Å². The molecule has 0 bridgehead atoms. The molecule has 0 aliphatic rings. The van der Waals surface area contributed by atoms with E-state index in [4.69, 9.17) is 49.4 Å². The molecule has 0 fully saturated rings. The zero-order chi connectivity index (χ0) is 102. The molecule has 0 spiro atoms.